The normalized spacial score (nSPS) is 17.4. The Labute approximate surface area is 245 Å². The first-order valence-corrected chi connectivity index (χ1v) is 14.0. The Kier molecular flexibility index (Phi) is 13.7. The van der Waals surface area contributed by atoms with Crippen LogP contribution in [0.2, 0.25) is 0 Å². The minimum Gasteiger partial charge on any atom is -1.00 e. The Balaban J connectivity index is 0.00000253. The standard InChI is InChI=1S/C27H34N2O5S2.2ClH/c1-31-25-14-23(15-26(32-2)27(25)33-3)34-17-22(30)16-29-10-8-28(9-11-29)7-4-24(20-5-12-35-18-20)21-6-13-36-19-21;;/h4-6,12-15,18-19,22,30H,7-11,16-17H2,1-3H3;2*1H. The summed E-state index contributed by atoms with van der Waals surface area (Å²) in [7, 11) is 4.71. The Morgan fingerprint density at radius 1 is 0.895 bits per heavy atom. The van der Waals surface area contributed by atoms with Crippen molar-refractivity contribution in [3.05, 3.63) is 63.0 Å². The van der Waals surface area contributed by atoms with Crippen LogP contribution in [0.4, 0.5) is 0 Å². The highest BCUT2D eigenvalue weighted by Gasteiger charge is 2.25. The molecule has 0 radical (unpaired) electrons. The Bertz CT molecular complexity index is 1040. The van der Waals surface area contributed by atoms with E-state index in [0.29, 0.717) is 29.5 Å². The van der Waals surface area contributed by atoms with E-state index in [2.05, 4.69) is 39.7 Å². The highest BCUT2D eigenvalue weighted by molar-refractivity contribution is 7.08. The number of piperazine rings is 1. The molecule has 4 rings (SSSR count). The summed E-state index contributed by atoms with van der Waals surface area (Å²) in [6.45, 7) is 6.16. The number of hydrogen-bond acceptors (Lipinski definition) is 7. The summed E-state index contributed by atoms with van der Waals surface area (Å²) in [4.78, 5) is 3.00. The summed E-state index contributed by atoms with van der Waals surface area (Å²) in [5, 5.41) is 19.4. The van der Waals surface area contributed by atoms with Gasteiger partial charge < -0.3 is 58.7 Å². The van der Waals surface area contributed by atoms with Crippen LogP contribution < -0.4 is 53.6 Å². The van der Waals surface area contributed by atoms with E-state index in [9.17, 15) is 5.11 Å². The summed E-state index contributed by atoms with van der Waals surface area (Å²) in [6, 6.07) is 7.90. The lowest BCUT2D eigenvalue weighted by Crippen LogP contribution is -3.28. The predicted octanol–water partition coefficient (Wildman–Crippen LogP) is -4.50. The second kappa shape index (κ2) is 16.2. The molecule has 0 spiro atoms. The summed E-state index contributed by atoms with van der Waals surface area (Å²) in [5.74, 6) is 2.15. The van der Waals surface area contributed by atoms with Crippen LogP contribution >= 0.6 is 22.7 Å². The van der Waals surface area contributed by atoms with Gasteiger partial charge in [-0.3, -0.25) is 0 Å². The van der Waals surface area contributed by atoms with Crippen molar-refractivity contribution in [2.75, 3.05) is 67.2 Å². The molecule has 1 aliphatic rings. The lowest BCUT2D eigenvalue weighted by Gasteiger charge is -2.30. The van der Waals surface area contributed by atoms with Crippen molar-refractivity contribution in [3.8, 4) is 23.0 Å². The number of quaternary nitrogens is 2. The quantitative estimate of drug-likeness (QED) is 0.195. The van der Waals surface area contributed by atoms with Crippen molar-refractivity contribution in [3.63, 3.8) is 0 Å². The van der Waals surface area contributed by atoms with Crippen molar-refractivity contribution >= 4 is 28.2 Å². The van der Waals surface area contributed by atoms with Gasteiger partial charge in [0.25, 0.3) is 0 Å². The van der Waals surface area contributed by atoms with Gasteiger partial charge in [0.1, 0.15) is 51.2 Å². The van der Waals surface area contributed by atoms with Crippen molar-refractivity contribution < 1.29 is 58.7 Å². The van der Waals surface area contributed by atoms with Crippen LogP contribution in [0.3, 0.4) is 0 Å². The van der Waals surface area contributed by atoms with Crippen molar-refractivity contribution in [2.45, 2.75) is 6.10 Å². The first-order chi connectivity index (χ1) is 17.6. The average Bonchev–Trinajstić information content (AvgIpc) is 3.63. The lowest BCUT2D eigenvalue weighted by molar-refractivity contribution is -1.01. The zero-order chi connectivity index (χ0) is 25.3. The van der Waals surface area contributed by atoms with E-state index in [-0.39, 0.29) is 31.4 Å². The molecule has 0 saturated carbocycles. The largest absolute Gasteiger partial charge is 1.00 e. The van der Waals surface area contributed by atoms with Crippen molar-refractivity contribution in [2.24, 2.45) is 0 Å². The number of ether oxygens (including phenoxy) is 4. The topological polar surface area (TPSA) is 66.0 Å². The van der Waals surface area contributed by atoms with E-state index in [4.69, 9.17) is 18.9 Å². The molecule has 3 N–H and O–H groups in total. The van der Waals surface area contributed by atoms with Crippen LogP contribution in [0, 0.1) is 0 Å². The van der Waals surface area contributed by atoms with Gasteiger partial charge in [0.15, 0.2) is 11.5 Å². The van der Waals surface area contributed by atoms with Gasteiger partial charge in [-0.2, -0.15) is 22.7 Å². The van der Waals surface area contributed by atoms with Crippen LogP contribution in [0.15, 0.2) is 51.9 Å². The second-order valence-corrected chi connectivity index (χ2v) is 10.4. The molecule has 0 amide bonds. The monoisotopic (exact) mass is 602 g/mol. The summed E-state index contributed by atoms with van der Waals surface area (Å²) >= 11 is 3.48. The predicted molar refractivity (Wildman–Crippen MR) is 144 cm³/mol. The minimum absolute atomic E-state index is 0. The van der Waals surface area contributed by atoms with Crippen LogP contribution in [0.1, 0.15) is 11.1 Å². The Hall–Kier alpha value is -1.98. The number of methoxy groups -OCH3 is 3. The SMILES string of the molecule is COc1cc(OCC(O)C[NH+]2CC[NH+](CC=C(c3ccsc3)c3ccsc3)CC2)cc(OC)c1OC.[Cl-].[Cl-]. The fourth-order valence-electron chi connectivity index (χ4n) is 4.57. The van der Waals surface area contributed by atoms with Gasteiger partial charge in [0.05, 0.1) is 27.9 Å². The molecule has 1 aromatic carbocycles. The van der Waals surface area contributed by atoms with Gasteiger partial charge in [0, 0.05) is 12.1 Å². The third kappa shape index (κ3) is 8.51. The molecule has 3 aromatic rings. The molecule has 0 bridgehead atoms. The molecule has 11 heteroatoms. The molecule has 1 atom stereocenters. The first kappa shape index (κ1) is 32.2. The van der Waals surface area contributed by atoms with Crippen LogP contribution in [-0.2, 0) is 0 Å². The fraction of sp³-hybridized carbons (Fsp3) is 0.407. The second-order valence-electron chi connectivity index (χ2n) is 8.88. The van der Waals surface area contributed by atoms with Crippen LogP contribution in [0.25, 0.3) is 5.57 Å². The maximum absolute atomic E-state index is 10.6. The molecule has 1 saturated heterocycles. The number of nitrogens with one attached hydrogen (secondary N) is 2. The number of hydrogen-bond donors (Lipinski definition) is 3. The van der Waals surface area contributed by atoms with Crippen LogP contribution in [0.5, 0.6) is 23.0 Å². The zero-order valence-electron chi connectivity index (χ0n) is 21.9. The van der Waals surface area contributed by atoms with Gasteiger partial charge in [0.2, 0.25) is 5.75 Å². The molecular formula is C27H36Cl2N2O5S2. The third-order valence-corrected chi connectivity index (χ3v) is 7.89. The van der Waals surface area contributed by atoms with E-state index in [1.165, 1.54) is 21.6 Å². The molecular weight excluding hydrogens is 567 g/mol. The van der Waals surface area contributed by atoms with E-state index in [0.717, 1.165) is 32.7 Å². The van der Waals surface area contributed by atoms with Gasteiger partial charge in [-0.1, -0.05) is 0 Å². The number of aliphatic hydroxyl groups excluding tert-OH is 1. The Morgan fingerprint density at radius 3 is 1.92 bits per heavy atom. The molecule has 1 unspecified atom stereocenters. The Morgan fingerprint density at radius 2 is 1.45 bits per heavy atom. The molecule has 3 heterocycles. The van der Waals surface area contributed by atoms with E-state index in [1.807, 2.05) is 0 Å². The number of halogens is 2. The zero-order valence-corrected chi connectivity index (χ0v) is 25.0. The number of aliphatic hydroxyl groups is 1. The number of rotatable bonds is 12. The molecule has 210 valence electrons. The maximum Gasteiger partial charge on any atom is 0.203 e. The average molecular weight is 604 g/mol. The highest BCUT2D eigenvalue weighted by atomic mass is 35.5. The van der Waals surface area contributed by atoms with Gasteiger partial charge in [-0.25, -0.2) is 0 Å². The van der Waals surface area contributed by atoms with Crippen molar-refractivity contribution in [1.82, 2.24) is 0 Å². The van der Waals surface area contributed by atoms with Gasteiger partial charge >= 0.3 is 0 Å². The number of benzene rings is 1. The highest BCUT2D eigenvalue weighted by Crippen LogP contribution is 2.40. The van der Waals surface area contributed by atoms with E-state index < -0.39 is 6.10 Å². The van der Waals surface area contributed by atoms with Crippen LogP contribution in [-0.4, -0.2) is 78.4 Å². The van der Waals surface area contributed by atoms with Gasteiger partial charge in [-0.05, 0) is 56.4 Å². The third-order valence-electron chi connectivity index (χ3n) is 6.53. The van der Waals surface area contributed by atoms with Crippen molar-refractivity contribution in [1.29, 1.82) is 0 Å². The minimum atomic E-state index is -0.552. The molecule has 7 nitrogen and oxygen atoms in total. The number of thiophene rings is 2. The molecule has 1 fully saturated rings. The first-order valence-electron chi connectivity index (χ1n) is 12.1. The lowest BCUT2D eigenvalue weighted by atomic mass is 10.0. The smallest absolute Gasteiger partial charge is 0.203 e. The van der Waals surface area contributed by atoms with Gasteiger partial charge in [-0.15, -0.1) is 0 Å². The molecule has 0 aliphatic carbocycles. The summed E-state index contributed by atoms with van der Waals surface area (Å²) < 4.78 is 22.0. The molecule has 1 aliphatic heterocycles. The summed E-state index contributed by atoms with van der Waals surface area (Å²) in [6.07, 6.45) is 1.84. The van der Waals surface area contributed by atoms with E-state index in [1.54, 1.807) is 61.0 Å². The molecule has 2 aromatic heterocycles. The fourth-order valence-corrected chi connectivity index (χ4v) is 5.89. The van der Waals surface area contributed by atoms with E-state index >= 15 is 0 Å². The maximum atomic E-state index is 10.6. The molecule has 38 heavy (non-hydrogen) atoms. The summed E-state index contributed by atoms with van der Waals surface area (Å²) in [5.41, 5.74) is 3.94.